The van der Waals surface area contributed by atoms with Gasteiger partial charge in [0.15, 0.2) is 0 Å². The van der Waals surface area contributed by atoms with Crippen molar-refractivity contribution in [3.63, 3.8) is 0 Å². The van der Waals surface area contributed by atoms with Crippen LogP contribution in [0.3, 0.4) is 0 Å². The van der Waals surface area contributed by atoms with E-state index in [9.17, 15) is 30.0 Å². The number of hydrogen-bond acceptors (Lipinski definition) is 8. The van der Waals surface area contributed by atoms with Gasteiger partial charge in [0.1, 0.15) is 0 Å². The predicted molar refractivity (Wildman–Crippen MR) is 163 cm³/mol. The minimum absolute atomic E-state index is 0. The van der Waals surface area contributed by atoms with Crippen molar-refractivity contribution >= 4 is 56.3 Å². The molecule has 2 aliphatic rings. The number of carbonyl (C=O) groups excluding carboxylic acids is 2. The molecule has 5 rings (SSSR count). The molecule has 3 aromatic heterocycles. The molecule has 12 heteroatoms. The maximum absolute atomic E-state index is 12.9. The number of rotatable bonds is 8. The minimum atomic E-state index is -1.18. The summed E-state index contributed by atoms with van der Waals surface area (Å²) >= 11 is 0. The molecule has 2 aliphatic heterocycles. The van der Waals surface area contributed by atoms with Gasteiger partial charge in [0.05, 0.1) is 28.9 Å². The SMILES string of the molecule is CC1=C(CCC(=O)[O-])c2cc3[nH]c(cc4nc(cc5[nH]c(cc1n2)c(C)c5C(C)[O-])C(C)=C4C(C)O)c(C)c3CCC(=O)[O-].[Hg+2].[Na+]. The van der Waals surface area contributed by atoms with Crippen LogP contribution in [-0.4, -0.2) is 43.1 Å². The zero-order valence-electron chi connectivity index (χ0n) is 27.4. The van der Waals surface area contributed by atoms with E-state index in [1.807, 2.05) is 52.0 Å². The number of aryl methyl sites for hydroxylation is 3. The van der Waals surface area contributed by atoms with Crippen molar-refractivity contribution in [3.8, 4) is 0 Å². The molecular formula is C34H35HgN4NaO6. The van der Waals surface area contributed by atoms with Gasteiger partial charge in [-0.05, 0) is 124 Å². The first-order valence-electron chi connectivity index (χ1n) is 14.7. The van der Waals surface area contributed by atoms with E-state index >= 15 is 0 Å². The van der Waals surface area contributed by atoms with Gasteiger partial charge in [-0.25, -0.2) is 9.97 Å². The smallest absolute Gasteiger partial charge is 0.849 e. The summed E-state index contributed by atoms with van der Waals surface area (Å²) in [6, 6.07) is 7.32. The van der Waals surface area contributed by atoms with Crippen molar-refractivity contribution in [2.24, 2.45) is 0 Å². The van der Waals surface area contributed by atoms with Crippen LogP contribution in [0.25, 0.3) is 44.4 Å². The van der Waals surface area contributed by atoms with Gasteiger partial charge in [-0.15, -0.1) is 6.10 Å². The number of aromatic amines is 2. The molecule has 0 fully saturated rings. The topological polar surface area (TPSA) is 181 Å². The molecule has 0 spiro atoms. The van der Waals surface area contributed by atoms with Crippen molar-refractivity contribution in [1.82, 2.24) is 19.9 Å². The fourth-order valence-electron chi connectivity index (χ4n) is 6.29. The summed E-state index contributed by atoms with van der Waals surface area (Å²) in [4.78, 5) is 39.4. The molecule has 8 bridgehead atoms. The van der Waals surface area contributed by atoms with E-state index in [0.29, 0.717) is 56.0 Å². The number of carboxylic acids is 2. The molecule has 0 aromatic carbocycles. The van der Waals surface area contributed by atoms with Crippen LogP contribution >= 0.6 is 0 Å². The Bertz CT molecular complexity index is 1940. The van der Waals surface area contributed by atoms with Crippen LogP contribution in [0.5, 0.6) is 0 Å². The Labute approximate surface area is 309 Å². The van der Waals surface area contributed by atoms with Crippen LogP contribution in [0.2, 0.25) is 0 Å². The number of aliphatic hydroxyl groups excluding tert-OH is 1. The molecule has 0 aliphatic carbocycles. The first kappa shape index (κ1) is 37.8. The van der Waals surface area contributed by atoms with Gasteiger partial charge < -0.3 is 40.0 Å². The normalized spacial score (nSPS) is 14.1. The Morgan fingerprint density at radius 3 is 1.87 bits per heavy atom. The Kier molecular flexibility index (Phi) is 12.4. The molecule has 2 atom stereocenters. The van der Waals surface area contributed by atoms with E-state index in [0.717, 1.165) is 33.4 Å². The van der Waals surface area contributed by atoms with Crippen LogP contribution in [0.1, 0.15) is 98.1 Å². The molecule has 10 nitrogen and oxygen atoms in total. The average Bonchev–Trinajstić information content (AvgIpc) is 3.59. The molecule has 3 N–H and O–H groups in total. The largest absolute Gasteiger partial charge is 2.00 e. The number of carbonyl (C=O) groups is 2. The van der Waals surface area contributed by atoms with E-state index in [1.165, 1.54) is 0 Å². The summed E-state index contributed by atoms with van der Waals surface area (Å²) in [5.41, 5.74) is 10.8. The second-order valence-electron chi connectivity index (χ2n) is 11.6. The molecule has 46 heavy (non-hydrogen) atoms. The fourth-order valence-corrected chi connectivity index (χ4v) is 6.29. The van der Waals surface area contributed by atoms with Crippen molar-refractivity contribution in [3.05, 3.63) is 69.3 Å². The number of aromatic nitrogens is 4. The number of H-pyrrole nitrogens is 2. The first-order chi connectivity index (χ1) is 20.8. The molecule has 3 aromatic rings. The van der Waals surface area contributed by atoms with E-state index in [4.69, 9.17) is 9.97 Å². The standard InChI is InChI=1S/C34H37N4O6.Hg.Na/c1-15-21(7-9-31(41)42)27-14-28-22(8-10-32(43)44)16(2)24(36-28)12-29-34(20(6)40)18(4)26(38-29)13-30-33(19(5)39)17(3)25(37-30)11-23(15)35-27;;/h11-14,19-20,36-37,40H,7-10H2,1-6H3,(H,41,42)(H,43,44);;/q-1;+2;+1/p-2. The number of allylic oxidation sites excluding steroid dienone is 3. The first-order valence-corrected chi connectivity index (χ1v) is 14.7. The number of nitrogens with zero attached hydrogens (tertiary/aromatic N) is 2. The second-order valence-corrected chi connectivity index (χ2v) is 11.6. The molecule has 5 heterocycles. The fraction of sp³-hybridized carbons (Fsp3) is 0.353. The molecule has 0 radical (unpaired) electrons. The number of carboxylic acid groups (broad SMARTS) is 2. The summed E-state index contributed by atoms with van der Waals surface area (Å²) in [5.74, 6) is -2.35. The van der Waals surface area contributed by atoms with Gasteiger partial charge in [0.2, 0.25) is 0 Å². The van der Waals surface area contributed by atoms with Gasteiger partial charge in [-0.2, -0.15) is 0 Å². The summed E-state index contributed by atoms with van der Waals surface area (Å²) in [6.07, 6.45) is -1.86. The van der Waals surface area contributed by atoms with Crippen LogP contribution in [-0.2, 0) is 43.7 Å². The zero-order valence-corrected chi connectivity index (χ0v) is 34.9. The minimum Gasteiger partial charge on any atom is -0.849 e. The maximum atomic E-state index is 12.9. The van der Waals surface area contributed by atoms with Crippen LogP contribution in [0.15, 0.2) is 24.3 Å². The van der Waals surface area contributed by atoms with Gasteiger partial charge >= 0.3 is 57.2 Å². The molecule has 0 amide bonds. The van der Waals surface area contributed by atoms with Crippen molar-refractivity contribution < 1.29 is 87.2 Å². The third-order valence-corrected chi connectivity index (χ3v) is 8.62. The summed E-state index contributed by atoms with van der Waals surface area (Å²) in [5, 5.41) is 46.5. The van der Waals surface area contributed by atoms with E-state index in [1.54, 1.807) is 13.8 Å². The third kappa shape index (κ3) is 7.42. The average molecular weight is 819 g/mol. The predicted octanol–water partition coefficient (Wildman–Crippen LogP) is -0.191. The summed E-state index contributed by atoms with van der Waals surface area (Å²) in [7, 11) is 0. The monoisotopic (exact) mass is 820 g/mol. The molecule has 230 valence electrons. The van der Waals surface area contributed by atoms with E-state index in [2.05, 4.69) is 9.97 Å². The number of nitrogens with one attached hydrogen (secondary N) is 2. The molecule has 0 saturated heterocycles. The second kappa shape index (κ2) is 15.1. The number of hydrogen-bond donors (Lipinski definition) is 3. The quantitative estimate of drug-likeness (QED) is 0.262. The Morgan fingerprint density at radius 2 is 1.26 bits per heavy atom. The van der Waals surface area contributed by atoms with Crippen molar-refractivity contribution in [2.45, 2.75) is 79.4 Å². The van der Waals surface area contributed by atoms with Crippen LogP contribution in [0, 0.1) is 13.8 Å². The van der Waals surface area contributed by atoms with Gasteiger partial charge in [0.25, 0.3) is 0 Å². The van der Waals surface area contributed by atoms with E-state index < -0.39 is 24.1 Å². The molecule has 0 saturated carbocycles. The molecule has 2 unspecified atom stereocenters. The third-order valence-electron chi connectivity index (χ3n) is 8.62. The maximum Gasteiger partial charge on any atom is 2.00 e. The Hall–Kier alpha value is -2.60. The number of aliphatic hydroxyl groups is 1. The van der Waals surface area contributed by atoms with E-state index in [-0.39, 0.29) is 82.9 Å². The van der Waals surface area contributed by atoms with Gasteiger partial charge in [0, 0.05) is 39.6 Å². The van der Waals surface area contributed by atoms with Crippen LogP contribution < -0.4 is 44.9 Å². The van der Waals surface area contributed by atoms with Crippen molar-refractivity contribution in [1.29, 1.82) is 0 Å². The Balaban J connectivity index is 0.00000288. The van der Waals surface area contributed by atoms with Crippen molar-refractivity contribution in [2.75, 3.05) is 0 Å². The van der Waals surface area contributed by atoms with Gasteiger partial charge in [-0.1, -0.05) is 6.92 Å². The Morgan fingerprint density at radius 1 is 0.761 bits per heavy atom. The molecular weight excluding hydrogens is 784 g/mol. The van der Waals surface area contributed by atoms with Crippen LogP contribution in [0.4, 0.5) is 0 Å². The van der Waals surface area contributed by atoms with Gasteiger partial charge in [-0.3, -0.25) is 0 Å². The zero-order chi connectivity index (χ0) is 32.0. The number of aliphatic carboxylic acids is 2. The summed E-state index contributed by atoms with van der Waals surface area (Å²) in [6.45, 7) is 10.8. The summed E-state index contributed by atoms with van der Waals surface area (Å²) < 4.78 is 0. The number of fused-ring (bicyclic) bond motifs is 8.